The van der Waals surface area contributed by atoms with Crippen molar-refractivity contribution in [2.45, 2.75) is 25.4 Å². The molecule has 0 saturated heterocycles. The standard InChI is InChI=1S/C21H23N5O/c1-2-25-20-17(13-24-26(20)16-9-4-3-5-10-16)18(19(23)21(25)27)15-8-6-7-14(11-15)12-22/h3-11,13,18-19H,2,12,22-23H2,1H3/t18-,19+/m1/s1. The van der Waals surface area contributed by atoms with Gasteiger partial charge in [-0.05, 0) is 30.2 Å². The predicted octanol–water partition coefficient (Wildman–Crippen LogP) is 2.16. The third kappa shape index (κ3) is 2.83. The van der Waals surface area contributed by atoms with Gasteiger partial charge in [0, 0.05) is 24.6 Å². The van der Waals surface area contributed by atoms with E-state index >= 15 is 0 Å². The van der Waals surface area contributed by atoms with Crippen molar-refractivity contribution in [2.75, 3.05) is 11.4 Å². The largest absolute Gasteiger partial charge is 0.326 e. The zero-order valence-electron chi connectivity index (χ0n) is 15.2. The van der Waals surface area contributed by atoms with Crippen LogP contribution in [-0.2, 0) is 11.3 Å². The van der Waals surface area contributed by atoms with E-state index in [1.54, 1.807) is 4.90 Å². The minimum absolute atomic E-state index is 0.0918. The van der Waals surface area contributed by atoms with Crippen LogP contribution in [0, 0.1) is 0 Å². The maximum atomic E-state index is 13.1. The fourth-order valence-electron chi connectivity index (χ4n) is 3.83. The molecule has 0 aliphatic carbocycles. The van der Waals surface area contributed by atoms with Crippen LogP contribution in [0.1, 0.15) is 29.5 Å². The minimum atomic E-state index is -0.654. The number of benzene rings is 2. The predicted molar refractivity (Wildman–Crippen MR) is 106 cm³/mol. The summed E-state index contributed by atoms with van der Waals surface area (Å²) in [4.78, 5) is 14.8. The number of nitrogens with two attached hydrogens (primary N) is 2. The molecule has 1 aliphatic heterocycles. The summed E-state index contributed by atoms with van der Waals surface area (Å²) in [5.41, 5.74) is 16.1. The van der Waals surface area contributed by atoms with E-state index in [4.69, 9.17) is 11.5 Å². The molecule has 3 aromatic rings. The highest BCUT2D eigenvalue weighted by molar-refractivity contribution is 6.01. The van der Waals surface area contributed by atoms with Crippen molar-refractivity contribution < 1.29 is 4.79 Å². The highest BCUT2D eigenvalue weighted by Crippen LogP contribution is 2.40. The Labute approximate surface area is 158 Å². The molecule has 6 heteroatoms. The Kier molecular flexibility index (Phi) is 4.51. The molecule has 138 valence electrons. The molecule has 0 radical (unpaired) electrons. The lowest BCUT2D eigenvalue weighted by molar-refractivity contribution is -0.120. The molecule has 2 atom stereocenters. The second-order valence-corrected chi connectivity index (χ2v) is 6.71. The van der Waals surface area contributed by atoms with E-state index in [9.17, 15) is 4.79 Å². The van der Waals surface area contributed by atoms with Gasteiger partial charge in [-0.15, -0.1) is 0 Å². The number of amides is 1. The topological polar surface area (TPSA) is 90.2 Å². The van der Waals surface area contributed by atoms with Gasteiger partial charge in [-0.1, -0.05) is 42.5 Å². The smallest absolute Gasteiger partial charge is 0.246 e. The zero-order valence-corrected chi connectivity index (χ0v) is 15.2. The molecule has 1 amide bonds. The SMILES string of the molecule is CCN1C(=O)[C@@H](N)[C@H](c2cccc(CN)c2)c2cnn(-c3ccccc3)c21. The fourth-order valence-corrected chi connectivity index (χ4v) is 3.83. The van der Waals surface area contributed by atoms with Gasteiger partial charge in [0.05, 0.1) is 17.9 Å². The number of likely N-dealkylation sites (N-methyl/N-ethyl adjacent to an activating group) is 1. The summed E-state index contributed by atoms with van der Waals surface area (Å²) in [5.74, 6) is 0.448. The molecule has 0 bridgehead atoms. The van der Waals surface area contributed by atoms with Crippen molar-refractivity contribution in [3.63, 3.8) is 0 Å². The molecule has 0 saturated carbocycles. The average Bonchev–Trinajstić information content (AvgIpc) is 3.14. The second kappa shape index (κ2) is 6.98. The molecule has 2 heterocycles. The van der Waals surface area contributed by atoms with Crippen LogP contribution >= 0.6 is 0 Å². The van der Waals surface area contributed by atoms with Crippen LogP contribution in [0.2, 0.25) is 0 Å². The van der Waals surface area contributed by atoms with Gasteiger partial charge in [0.25, 0.3) is 0 Å². The number of carbonyl (C=O) groups excluding carboxylic acids is 1. The number of para-hydroxylation sites is 1. The van der Waals surface area contributed by atoms with Crippen molar-refractivity contribution in [1.29, 1.82) is 0 Å². The zero-order chi connectivity index (χ0) is 19.0. The van der Waals surface area contributed by atoms with Crippen LogP contribution in [0.15, 0.2) is 60.8 Å². The number of fused-ring (bicyclic) bond motifs is 1. The number of rotatable bonds is 4. The highest BCUT2D eigenvalue weighted by atomic mass is 16.2. The molecule has 4 rings (SSSR count). The Morgan fingerprint density at radius 2 is 1.89 bits per heavy atom. The Morgan fingerprint density at radius 1 is 1.11 bits per heavy atom. The highest BCUT2D eigenvalue weighted by Gasteiger charge is 2.41. The molecule has 2 aromatic carbocycles. The van der Waals surface area contributed by atoms with Gasteiger partial charge < -0.3 is 11.5 Å². The lowest BCUT2D eigenvalue weighted by Crippen LogP contribution is -2.51. The first kappa shape index (κ1) is 17.5. The molecule has 27 heavy (non-hydrogen) atoms. The quantitative estimate of drug-likeness (QED) is 0.745. The molecule has 4 N–H and O–H groups in total. The van der Waals surface area contributed by atoms with Crippen molar-refractivity contribution in [1.82, 2.24) is 9.78 Å². The summed E-state index contributed by atoms with van der Waals surface area (Å²) in [6, 6.07) is 17.1. The molecule has 0 fully saturated rings. The molecule has 1 aliphatic rings. The van der Waals surface area contributed by atoms with Crippen molar-refractivity contribution in [3.05, 3.63) is 77.5 Å². The Bertz CT molecular complexity index is 966. The maximum absolute atomic E-state index is 13.1. The van der Waals surface area contributed by atoms with E-state index in [0.717, 1.165) is 28.2 Å². The normalized spacial score (nSPS) is 19.2. The van der Waals surface area contributed by atoms with E-state index < -0.39 is 6.04 Å². The second-order valence-electron chi connectivity index (χ2n) is 6.71. The van der Waals surface area contributed by atoms with Crippen LogP contribution in [0.25, 0.3) is 5.69 Å². The first-order valence-corrected chi connectivity index (χ1v) is 9.15. The van der Waals surface area contributed by atoms with E-state index in [2.05, 4.69) is 5.10 Å². The first-order valence-electron chi connectivity index (χ1n) is 9.15. The maximum Gasteiger partial charge on any atom is 0.246 e. The Hall–Kier alpha value is -2.96. The average molecular weight is 361 g/mol. The van der Waals surface area contributed by atoms with Gasteiger partial charge in [-0.3, -0.25) is 9.69 Å². The van der Waals surface area contributed by atoms with Gasteiger partial charge in [0.2, 0.25) is 5.91 Å². The molecule has 6 nitrogen and oxygen atoms in total. The number of nitrogens with zero attached hydrogens (tertiary/aromatic N) is 3. The van der Waals surface area contributed by atoms with Crippen LogP contribution in [-0.4, -0.2) is 28.3 Å². The summed E-state index contributed by atoms with van der Waals surface area (Å²) in [6.45, 7) is 2.93. The van der Waals surface area contributed by atoms with Crippen LogP contribution in [0.5, 0.6) is 0 Å². The number of hydrogen-bond acceptors (Lipinski definition) is 4. The van der Waals surface area contributed by atoms with Crippen LogP contribution in [0.3, 0.4) is 0 Å². The van der Waals surface area contributed by atoms with Crippen molar-refractivity contribution in [2.24, 2.45) is 11.5 Å². The van der Waals surface area contributed by atoms with Gasteiger partial charge in [-0.2, -0.15) is 5.10 Å². The van der Waals surface area contributed by atoms with Gasteiger partial charge in [0.15, 0.2) is 0 Å². The summed E-state index contributed by atoms with van der Waals surface area (Å²) >= 11 is 0. The monoisotopic (exact) mass is 361 g/mol. The summed E-state index contributed by atoms with van der Waals surface area (Å²) in [5, 5.41) is 4.60. The van der Waals surface area contributed by atoms with Gasteiger partial charge in [0.1, 0.15) is 5.82 Å². The molecular formula is C21H23N5O. The summed E-state index contributed by atoms with van der Waals surface area (Å²) in [7, 11) is 0. The van der Waals surface area contributed by atoms with E-state index in [0.29, 0.717) is 13.1 Å². The summed E-state index contributed by atoms with van der Waals surface area (Å²) < 4.78 is 1.82. The van der Waals surface area contributed by atoms with Crippen LogP contribution in [0.4, 0.5) is 5.82 Å². The number of aromatic nitrogens is 2. The third-order valence-electron chi connectivity index (χ3n) is 5.13. The van der Waals surface area contributed by atoms with Gasteiger partial charge >= 0.3 is 0 Å². The van der Waals surface area contributed by atoms with Crippen molar-refractivity contribution in [3.8, 4) is 5.69 Å². The lowest BCUT2D eigenvalue weighted by Gasteiger charge is -2.36. The number of hydrogen-bond donors (Lipinski definition) is 2. The van der Waals surface area contributed by atoms with E-state index in [1.807, 2.05) is 72.4 Å². The fraction of sp³-hybridized carbons (Fsp3) is 0.238. The molecule has 0 spiro atoms. The minimum Gasteiger partial charge on any atom is -0.326 e. The summed E-state index contributed by atoms with van der Waals surface area (Å²) in [6.07, 6.45) is 1.83. The number of anilines is 1. The van der Waals surface area contributed by atoms with Crippen LogP contribution < -0.4 is 16.4 Å². The van der Waals surface area contributed by atoms with E-state index in [1.165, 1.54) is 0 Å². The molecule has 1 aromatic heterocycles. The Balaban J connectivity index is 1.91. The van der Waals surface area contributed by atoms with Crippen molar-refractivity contribution >= 4 is 11.7 Å². The van der Waals surface area contributed by atoms with E-state index in [-0.39, 0.29) is 11.8 Å². The third-order valence-corrected chi connectivity index (χ3v) is 5.13. The first-order chi connectivity index (χ1) is 13.2. The molecule has 0 unspecified atom stereocenters. The Morgan fingerprint density at radius 3 is 2.59 bits per heavy atom. The lowest BCUT2D eigenvalue weighted by atomic mass is 9.82. The molecular weight excluding hydrogens is 338 g/mol. The number of carbonyl (C=O) groups is 1. The van der Waals surface area contributed by atoms with Gasteiger partial charge in [-0.25, -0.2) is 4.68 Å².